The molecule has 0 aliphatic carbocycles. The van der Waals surface area contributed by atoms with Crippen molar-refractivity contribution in [3.05, 3.63) is 12.7 Å². The fourth-order valence-corrected chi connectivity index (χ4v) is 9.92. The van der Waals surface area contributed by atoms with E-state index < -0.39 is 16.9 Å². The van der Waals surface area contributed by atoms with Gasteiger partial charge in [-0.3, -0.25) is 0 Å². The van der Waals surface area contributed by atoms with Crippen LogP contribution in [0.4, 0.5) is 0 Å². The van der Waals surface area contributed by atoms with Crippen molar-refractivity contribution in [2.24, 2.45) is 0 Å². The minimum Gasteiger partial charge on any atom is -0.491 e. The SMILES string of the molecule is C=CC(=O)O[Si](O[Si](C)(C)C)(C(C)C)C(C)C. The summed E-state index contributed by atoms with van der Waals surface area (Å²) < 4.78 is 12.0. The summed E-state index contributed by atoms with van der Waals surface area (Å²) in [6, 6.07) is 0. The largest absolute Gasteiger partial charge is 0.491 e. The molecule has 0 heterocycles. The van der Waals surface area contributed by atoms with Gasteiger partial charge in [-0.1, -0.05) is 34.3 Å². The van der Waals surface area contributed by atoms with Gasteiger partial charge >= 0.3 is 14.5 Å². The maximum absolute atomic E-state index is 11.6. The molecule has 0 aromatic carbocycles. The second-order valence-corrected chi connectivity index (χ2v) is 14.9. The highest BCUT2D eigenvalue weighted by molar-refractivity contribution is 6.84. The van der Waals surface area contributed by atoms with Crippen LogP contribution in [0.15, 0.2) is 12.7 Å². The van der Waals surface area contributed by atoms with E-state index in [9.17, 15) is 4.79 Å². The lowest BCUT2D eigenvalue weighted by Gasteiger charge is -2.41. The van der Waals surface area contributed by atoms with Crippen molar-refractivity contribution in [2.75, 3.05) is 0 Å². The zero-order valence-corrected chi connectivity index (χ0v) is 14.2. The summed E-state index contributed by atoms with van der Waals surface area (Å²) in [5, 5.41) is 0. The van der Waals surface area contributed by atoms with E-state index in [4.69, 9.17) is 8.54 Å². The topological polar surface area (TPSA) is 35.5 Å². The van der Waals surface area contributed by atoms with Gasteiger partial charge in [0, 0.05) is 17.2 Å². The van der Waals surface area contributed by atoms with E-state index >= 15 is 0 Å². The van der Waals surface area contributed by atoms with Gasteiger partial charge in [0.1, 0.15) is 0 Å². The van der Waals surface area contributed by atoms with Gasteiger partial charge in [-0.2, -0.15) is 0 Å². The maximum Gasteiger partial charge on any atom is 0.396 e. The lowest BCUT2D eigenvalue weighted by atomic mass is 10.5. The minimum atomic E-state index is -2.53. The van der Waals surface area contributed by atoms with Crippen LogP contribution >= 0.6 is 0 Å². The first kappa shape index (κ1) is 16.6. The van der Waals surface area contributed by atoms with Gasteiger partial charge in [-0.05, 0) is 19.6 Å². The maximum atomic E-state index is 11.6. The van der Waals surface area contributed by atoms with E-state index in [1.54, 1.807) is 0 Å². The van der Waals surface area contributed by atoms with Gasteiger partial charge in [-0.15, -0.1) is 0 Å². The van der Waals surface area contributed by atoms with Gasteiger partial charge < -0.3 is 8.54 Å². The van der Waals surface area contributed by atoms with E-state index in [2.05, 4.69) is 53.9 Å². The van der Waals surface area contributed by atoms with Crippen LogP contribution in [0, 0.1) is 0 Å². The molecule has 0 fully saturated rings. The Bertz CT molecular complexity index is 272. The first-order chi connectivity index (χ1) is 7.55. The standard InChI is InChI=1S/C12H26O3Si2/c1-9-12(13)14-17(10(2)3,11(4)5)15-16(6,7)8/h9-11H,1H2,2-8H3. The van der Waals surface area contributed by atoms with Crippen LogP contribution in [0.5, 0.6) is 0 Å². The van der Waals surface area contributed by atoms with Crippen molar-refractivity contribution in [1.29, 1.82) is 0 Å². The van der Waals surface area contributed by atoms with E-state index in [1.807, 2.05) is 0 Å². The van der Waals surface area contributed by atoms with Crippen molar-refractivity contribution in [3.63, 3.8) is 0 Å². The minimum absolute atomic E-state index is 0.234. The smallest absolute Gasteiger partial charge is 0.396 e. The average molecular weight is 275 g/mol. The van der Waals surface area contributed by atoms with Crippen LogP contribution in [0.2, 0.25) is 30.7 Å². The Kier molecular flexibility index (Phi) is 5.83. The monoisotopic (exact) mass is 274 g/mol. The second kappa shape index (κ2) is 5.97. The third kappa shape index (κ3) is 4.77. The number of rotatable bonds is 6. The average Bonchev–Trinajstić information content (AvgIpc) is 2.13. The predicted molar refractivity (Wildman–Crippen MR) is 76.7 cm³/mol. The highest BCUT2D eigenvalue weighted by atomic mass is 28.4. The first-order valence-corrected chi connectivity index (χ1v) is 11.5. The van der Waals surface area contributed by atoms with Gasteiger partial charge in [0.2, 0.25) is 0 Å². The summed E-state index contributed by atoms with van der Waals surface area (Å²) in [6.07, 6.45) is 1.22. The molecule has 5 heteroatoms. The zero-order chi connectivity index (χ0) is 13.9. The molecule has 0 N–H and O–H groups in total. The normalized spacial score (nSPS) is 13.0. The van der Waals surface area contributed by atoms with Crippen molar-refractivity contribution in [2.45, 2.75) is 58.4 Å². The molecule has 0 amide bonds. The zero-order valence-electron chi connectivity index (χ0n) is 12.2. The van der Waals surface area contributed by atoms with E-state index in [0.717, 1.165) is 0 Å². The molecule has 0 radical (unpaired) electrons. The van der Waals surface area contributed by atoms with Crippen molar-refractivity contribution < 1.29 is 13.3 Å². The summed E-state index contributed by atoms with van der Waals surface area (Å²) in [6.45, 7) is 18.1. The van der Waals surface area contributed by atoms with Gasteiger partial charge in [-0.25, -0.2) is 4.79 Å². The molecule has 0 rings (SSSR count). The van der Waals surface area contributed by atoms with Crippen LogP contribution in [-0.4, -0.2) is 22.8 Å². The Labute approximate surface area is 108 Å². The summed E-state index contributed by atoms with van der Waals surface area (Å²) in [5.74, 6) is -0.364. The van der Waals surface area contributed by atoms with Crippen LogP contribution < -0.4 is 0 Å². The van der Waals surface area contributed by atoms with Crippen molar-refractivity contribution in [3.8, 4) is 0 Å². The van der Waals surface area contributed by atoms with Crippen molar-refractivity contribution in [1.82, 2.24) is 0 Å². The summed E-state index contributed by atoms with van der Waals surface area (Å²) in [5.41, 5.74) is 0.469. The summed E-state index contributed by atoms with van der Waals surface area (Å²) in [4.78, 5) is 11.6. The molecule has 17 heavy (non-hydrogen) atoms. The van der Waals surface area contributed by atoms with Gasteiger partial charge in [0.15, 0.2) is 8.32 Å². The number of carbonyl (C=O) groups is 1. The number of hydrogen-bond donors (Lipinski definition) is 0. The molecule has 0 aromatic rings. The summed E-state index contributed by atoms with van der Waals surface area (Å²) in [7, 11) is -4.28. The van der Waals surface area contributed by atoms with E-state index in [-0.39, 0.29) is 17.1 Å². The Morgan fingerprint density at radius 2 is 1.53 bits per heavy atom. The fourth-order valence-electron chi connectivity index (χ4n) is 1.84. The van der Waals surface area contributed by atoms with Gasteiger partial charge in [0.05, 0.1) is 0 Å². The molecule has 0 saturated heterocycles. The third-order valence-electron chi connectivity index (χ3n) is 2.50. The van der Waals surface area contributed by atoms with E-state index in [0.29, 0.717) is 0 Å². The molecular weight excluding hydrogens is 248 g/mol. The van der Waals surface area contributed by atoms with Crippen LogP contribution in [-0.2, 0) is 13.3 Å². The van der Waals surface area contributed by atoms with Crippen molar-refractivity contribution >= 4 is 22.8 Å². The molecule has 0 atom stereocenters. The lowest BCUT2D eigenvalue weighted by Crippen LogP contribution is -2.55. The quantitative estimate of drug-likeness (QED) is 0.545. The number of hydrogen-bond acceptors (Lipinski definition) is 3. The Morgan fingerprint density at radius 3 is 1.76 bits per heavy atom. The molecule has 0 spiro atoms. The molecule has 0 bridgehead atoms. The predicted octanol–water partition coefficient (Wildman–Crippen LogP) is 3.83. The molecule has 0 saturated carbocycles. The Balaban J connectivity index is 5.28. The van der Waals surface area contributed by atoms with E-state index in [1.165, 1.54) is 6.08 Å². The first-order valence-electron chi connectivity index (χ1n) is 6.10. The molecule has 0 unspecified atom stereocenters. The molecule has 0 aliphatic heterocycles. The van der Waals surface area contributed by atoms with Crippen LogP contribution in [0.1, 0.15) is 27.7 Å². The molecule has 0 aromatic heterocycles. The third-order valence-corrected chi connectivity index (χ3v) is 9.97. The highest BCUT2D eigenvalue weighted by Crippen LogP contribution is 2.36. The second-order valence-electron chi connectivity index (χ2n) is 5.87. The summed E-state index contributed by atoms with van der Waals surface area (Å²) >= 11 is 0. The molecule has 100 valence electrons. The fraction of sp³-hybridized carbons (Fsp3) is 0.750. The lowest BCUT2D eigenvalue weighted by molar-refractivity contribution is -0.131. The van der Waals surface area contributed by atoms with Crippen LogP contribution in [0.3, 0.4) is 0 Å². The van der Waals surface area contributed by atoms with Gasteiger partial charge in [0.25, 0.3) is 0 Å². The molecule has 0 aliphatic rings. The Morgan fingerprint density at radius 1 is 1.12 bits per heavy atom. The number of carbonyl (C=O) groups excluding carboxylic acids is 1. The van der Waals surface area contributed by atoms with Crippen LogP contribution in [0.25, 0.3) is 0 Å². The highest BCUT2D eigenvalue weighted by Gasteiger charge is 2.50. The molecular formula is C12H26O3Si2. The molecule has 3 nitrogen and oxygen atoms in total. The Hall–Kier alpha value is -0.396.